The van der Waals surface area contributed by atoms with E-state index in [4.69, 9.17) is 0 Å². The number of nitrogens with one attached hydrogen (secondary N) is 1. The van der Waals surface area contributed by atoms with E-state index in [1.807, 2.05) is 6.08 Å². The lowest BCUT2D eigenvalue weighted by molar-refractivity contribution is 0.102. The SMILES string of the molecule is C=CCNCC(C)N1CCN(CCC)CC1. The average molecular weight is 225 g/mol. The molecule has 1 saturated heterocycles. The fourth-order valence-corrected chi connectivity index (χ4v) is 2.27. The Balaban J connectivity index is 2.16. The first-order valence-corrected chi connectivity index (χ1v) is 6.56. The summed E-state index contributed by atoms with van der Waals surface area (Å²) in [7, 11) is 0. The summed E-state index contributed by atoms with van der Waals surface area (Å²) in [4.78, 5) is 5.16. The van der Waals surface area contributed by atoms with Crippen LogP contribution in [0.4, 0.5) is 0 Å². The van der Waals surface area contributed by atoms with Crippen LogP contribution in [0.3, 0.4) is 0 Å². The molecular weight excluding hydrogens is 198 g/mol. The van der Waals surface area contributed by atoms with Gasteiger partial charge in [0.2, 0.25) is 0 Å². The summed E-state index contributed by atoms with van der Waals surface area (Å²) < 4.78 is 0. The second-order valence-corrected chi connectivity index (χ2v) is 4.67. The van der Waals surface area contributed by atoms with Gasteiger partial charge >= 0.3 is 0 Å². The van der Waals surface area contributed by atoms with Gasteiger partial charge in [-0.25, -0.2) is 0 Å². The van der Waals surface area contributed by atoms with E-state index in [-0.39, 0.29) is 0 Å². The van der Waals surface area contributed by atoms with Gasteiger partial charge < -0.3 is 10.2 Å². The van der Waals surface area contributed by atoms with Crippen molar-refractivity contribution in [1.29, 1.82) is 0 Å². The van der Waals surface area contributed by atoms with Gasteiger partial charge in [-0.3, -0.25) is 4.90 Å². The zero-order valence-electron chi connectivity index (χ0n) is 10.9. The molecular formula is C13H27N3. The van der Waals surface area contributed by atoms with Crippen molar-refractivity contribution in [3.05, 3.63) is 12.7 Å². The van der Waals surface area contributed by atoms with E-state index in [9.17, 15) is 0 Å². The van der Waals surface area contributed by atoms with Crippen LogP contribution in [-0.2, 0) is 0 Å². The molecule has 0 spiro atoms. The Bertz CT molecular complexity index is 186. The van der Waals surface area contributed by atoms with E-state index in [0.29, 0.717) is 6.04 Å². The quantitative estimate of drug-likeness (QED) is 0.518. The minimum absolute atomic E-state index is 0.642. The Labute approximate surface area is 100 Å². The first-order chi connectivity index (χ1) is 7.77. The van der Waals surface area contributed by atoms with Gasteiger partial charge in [0, 0.05) is 45.3 Å². The highest BCUT2D eigenvalue weighted by Gasteiger charge is 2.19. The molecule has 0 amide bonds. The molecule has 3 heteroatoms. The van der Waals surface area contributed by atoms with Crippen LogP contribution in [0, 0.1) is 0 Å². The maximum Gasteiger partial charge on any atom is 0.0193 e. The molecule has 0 aliphatic carbocycles. The van der Waals surface area contributed by atoms with Crippen LogP contribution >= 0.6 is 0 Å². The first-order valence-electron chi connectivity index (χ1n) is 6.56. The van der Waals surface area contributed by atoms with Gasteiger partial charge in [-0.05, 0) is 19.9 Å². The molecule has 0 aromatic carbocycles. The van der Waals surface area contributed by atoms with Gasteiger partial charge in [0.05, 0.1) is 0 Å². The third kappa shape index (κ3) is 4.64. The molecule has 16 heavy (non-hydrogen) atoms. The Morgan fingerprint density at radius 2 is 2.00 bits per heavy atom. The van der Waals surface area contributed by atoms with Crippen molar-refractivity contribution in [2.45, 2.75) is 26.3 Å². The van der Waals surface area contributed by atoms with E-state index >= 15 is 0 Å². The van der Waals surface area contributed by atoms with Gasteiger partial charge in [0.1, 0.15) is 0 Å². The van der Waals surface area contributed by atoms with Crippen molar-refractivity contribution in [2.24, 2.45) is 0 Å². The highest BCUT2D eigenvalue weighted by molar-refractivity contribution is 4.78. The van der Waals surface area contributed by atoms with E-state index in [1.165, 1.54) is 39.1 Å². The van der Waals surface area contributed by atoms with Crippen LogP contribution < -0.4 is 5.32 Å². The summed E-state index contributed by atoms with van der Waals surface area (Å²) in [5.41, 5.74) is 0. The van der Waals surface area contributed by atoms with Gasteiger partial charge in [-0.1, -0.05) is 13.0 Å². The van der Waals surface area contributed by atoms with Crippen molar-refractivity contribution in [1.82, 2.24) is 15.1 Å². The van der Waals surface area contributed by atoms with E-state index < -0.39 is 0 Å². The number of nitrogens with zero attached hydrogens (tertiary/aromatic N) is 2. The van der Waals surface area contributed by atoms with Crippen LogP contribution in [0.25, 0.3) is 0 Å². The second-order valence-electron chi connectivity index (χ2n) is 4.67. The molecule has 0 aromatic heterocycles. The average Bonchev–Trinajstić information content (AvgIpc) is 2.30. The Hall–Kier alpha value is -0.380. The summed E-state index contributed by atoms with van der Waals surface area (Å²) in [5, 5.41) is 3.40. The summed E-state index contributed by atoms with van der Waals surface area (Å²) in [6.07, 6.45) is 3.20. The van der Waals surface area contributed by atoms with E-state index in [0.717, 1.165) is 13.1 Å². The minimum atomic E-state index is 0.642. The fraction of sp³-hybridized carbons (Fsp3) is 0.846. The standard InChI is InChI=1S/C13H27N3/c1-4-6-14-12-13(3)16-10-8-15(7-5-2)9-11-16/h4,13-14H,1,5-12H2,2-3H3. The van der Waals surface area contributed by atoms with Crippen LogP contribution in [0.15, 0.2) is 12.7 Å². The van der Waals surface area contributed by atoms with Crippen molar-refractivity contribution in [3.63, 3.8) is 0 Å². The number of piperazine rings is 1. The molecule has 1 N–H and O–H groups in total. The highest BCUT2D eigenvalue weighted by atomic mass is 15.3. The lowest BCUT2D eigenvalue weighted by Crippen LogP contribution is -2.51. The Morgan fingerprint density at radius 1 is 1.31 bits per heavy atom. The van der Waals surface area contributed by atoms with Crippen molar-refractivity contribution in [2.75, 3.05) is 45.8 Å². The molecule has 1 atom stereocenters. The largest absolute Gasteiger partial charge is 0.312 e. The topological polar surface area (TPSA) is 18.5 Å². The van der Waals surface area contributed by atoms with E-state index in [1.54, 1.807) is 0 Å². The lowest BCUT2D eigenvalue weighted by atomic mass is 10.2. The van der Waals surface area contributed by atoms with Gasteiger partial charge in [-0.2, -0.15) is 0 Å². The molecule has 1 rings (SSSR count). The molecule has 0 saturated carbocycles. The highest BCUT2D eigenvalue weighted by Crippen LogP contribution is 2.06. The van der Waals surface area contributed by atoms with Gasteiger partial charge in [-0.15, -0.1) is 6.58 Å². The molecule has 1 unspecified atom stereocenters. The second kappa shape index (κ2) is 7.82. The molecule has 1 fully saturated rings. The predicted molar refractivity (Wildman–Crippen MR) is 70.8 cm³/mol. The van der Waals surface area contributed by atoms with Gasteiger partial charge in [0.15, 0.2) is 0 Å². The third-order valence-electron chi connectivity index (χ3n) is 3.30. The molecule has 0 aromatic rings. The van der Waals surface area contributed by atoms with Crippen molar-refractivity contribution < 1.29 is 0 Å². The predicted octanol–water partition coefficient (Wildman–Crippen LogP) is 1.18. The maximum absolute atomic E-state index is 3.72. The minimum Gasteiger partial charge on any atom is -0.312 e. The maximum atomic E-state index is 3.72. The van der Waals surface area contributed by atoms with Crippen molar-refractivity contribution >= 4 is 0 Å². The first kappa shape index (κ1) is 13.7. The van der Waals surface area contributed by atoms with Crippen LogP contribution in [0.2, 0.25) is 0 Å². The van der Waals surface area contributed by atoms with Crippen molar-refractivity contribution in [3.8, 4) is 0 Å². The summed E-state index contributed by atoms with van der Waals surface area (Å²) in [5.74, 6) is 0. The Morgan fingerprint density at radius 3 is 2.56 bits per heavy atom. The summed E-state index contributed by atoms with van der Waals surface area (Å²) >= 11 is 0. The molecule has 0 radical (unpaired) electrons. The zero-order valence-corrected chi connectivity index (χ0v) is 10.9. The summed E-state index contributed by atoms with van der Waals surface area (Å²) in [6, 6.07) is 0.642. The van der Waals surface area contributed by atoms with Crippen LogP contribution in [0.1, 0.15) is 20.3 Å². The zero-order chi connectivity index (χ0) is 11.8. The molecule has 1 aliphatic rings. The number of rotatable bonds is 7. The molecule has 94 valence electrons. The normalized spacial score (nSPS) is 20.9. The fourth-order valence-electron chi connectivity index (χ4n) is 2.27. The van der Waals surface area contributed by atoms with Crippen LogP contribution in [-0.4, -0.2) is 61.7 Å². The monoisotopic (exact) mass is 225 g/mol. The molecule has 1 aliphatic heterocycles. The van der Waals surface area contributed by atoms with Gasteiger partial charge in [0.25, 0.3) is 0 Å². The number of hydrogen-bond donors (Lipinski definition) is 1. The smallest absolute Gasteiger partial charge is 0.0193 e. The lowest BCUT2D eigenvalue weighted by Gasteiger charge is -2.38. The summed E-state index contributed by atoms with van der Waals surface area (Å²) in [6.45, 7) is 16.4. The molecule has 1 heterocycles. The molecule has 3 nitrogen and oxygen atoms in total. The third-order valence-corrected chi connectivity index (χ3v) is 3.30. The number of hydrogen-bond acceptors (Lipinski definition) is 3. The Kier molecular flexibility index (Phi) is 6.69. The molecule has 0 bridgehead atoms. The van der Waals surface area contributed by atoms with Crippen LogP contribution in [0.5, 0.6) is 0 Å². The van der Waals surface area contributed by atoms with E-state index in [2.05, 4.69) is 35.5 Å².